The molecule has 0 atom stereocenters. The van der Waals surface area contributed by atoms with Crippen molar-refractivity contribution in [1.82, 2.24) is 9.55 Å². The van der Waals surface area contributed by atoms with E-state index in [9.17, 15) is 0 Å². The van der Waals surface area contributed by atoms with Crippen molar-refractivity contribution in [2.75, 3.05) is 13.2 Å². The quantitative estimate of drug-likeness (QED) is 0.430. The lowest BCUT2D eigenvalue weighted by molar-refractivity contribution is -0.314. The van der Waals surface area contributed by atoms with Crippen molar-refractivity contribution in [3.05, 3.63) is 53.6 Å². The van der Waals surface area contributed by atoms with Crippen molar-refractivity contribution in [2.45, 2.75) is 77.5 Å². The Labute approximate surface area is 180 Å². The number of ether oxygens (including phenoxy) is 2. The maximum atomic E-state index is 6.60. The van der Waals surface area contributed by atoms with Crippen LogP contribution in [0.2, 0.25) is 5.02 Å². The number of rotatable bonds is 11. The molecular weight excluding hydrogens is 384 g/mol. The van der Waals surface area contributed by atoms with Gasteiger partial charge in [-0.15, -0.1) is 0 Å². The van der Waals surface area contributed by atoms with Crippen molar-refractivity contribution >= 4 is 11.6 Å². The maximum absolute atomic E-state index is 6.60. The lowest BCUT2D eigenvalue weighted by atomic mass is 9.78. The first kappa shape index (κ1) is 22.3. The molecule has 0 saturated carbocycles. The molecule has 0 aliphatic carbocycles. The molecule has 4 nitrogen and oxygen atoms in total. The minimum Gasteiger partial charge on any atom is -0.347 e. The van der Waals surface area contributed by atoms with Gasteiger partial charge in [0.1, 0.15) is 0 Å². The highest BCUT2D eigenvalue weighted by molar-refractivity contribution is 6.30. The van der Waals surface area contributed by atoms with Gasteiger partial charge in [0, 0.05) is 29.3 Å². The molecule has 1 saturated heterocycles. The fourth-order valence-electron chi connectivity index (χ4n) is 4.13. The van der Waals surface area contributed by atoms with Gasteiger partial charge in [0.05, 0.1) is 26.1 Å². The molecule has 1 aliphatic heterocycles. The monoisotopic (exact) mass is 418 g/mol. The standard InChI is InChI=1S/C24H35ClN2O2/c1-3-5-12-23(13-6-4-2)18-28-24(29-19-23,17-27-16-15-26-20-27)14-11-21-7-9-22(25)10-8-21/h7-10,15-16,20H,3-6,11-14,17-19H2,1-2H3. The second-order valence-corrected chi connectivity index (χ2v) is 8.99. The number of nitrogens with zero attached hydrogens (tertiary/aromatic N) is 2. The molecule has 0 N–H and O–H groups in total. The van der Waals surface area contributed by atoms with Crippen molar-refractivity contribution in [1.29, 1.82) is 0 Å². The molecule has 2 aromatic rings. The Morgan fingerprint density at radius 2 is 1.66 bits per heavy atom. The fraction of sp³-hybridized carbons (Fsp3) is 0.625. The summed E-state index contributed by atoms with van der Waals surface area (Å²) >= 11 is 6.04. The van der Waals surface area contributed by atoms with Crippen LogP contribution in [0.3, 0.4) is 0 Å². The molecular formula is C24H35ClN2O2. The van der Waals surface area contributed by atoms with E-state index in [-0.39, 0.29) is 5.41 Å². The van der Waals surface area contributed by atoms with Gasteiger partial charge in [-0.05, 0) is 37.0 Å². The normalized spacial score (nSPS) is 18.0. The molecule has 1 aliphatic rings. The highest BCUT2D eigenvalue weighted by Crippen LogP contribution is 2.40. The van der Waals surface area contributed by atoms with Crippen molar-refractivity contribution in [3.8, 4) is 0 Å². The molecule has 5 heteroatoms. The largest absolute Gasteiger partial charge is 0.347 e. The van der Waals surface area contributed by atoms with Crippen LogP contribution in [0.25, 0.3) is 0 Å². The van der Waals surface area contributed by atoms with E-state index >= 15 is 0 Å². The zero-order valence-electron chi connectivity index (χ0n) is 17.9. The summed E-state index contributed by atoms with van der Waals surface area (Å²) in [6.45, 7) is 6.74. The molecule has 2 heterocycles. The summed E-state index contributed by atoms with van der Waals surface area (Å²) in [5, 5.41) is 0.767. The van der Waals surface area contributed by atoms with Crippen LogP contribution in [0, 0.1) is 5.41 Å². The van der Waals surface area contributed by atoms with Crippen LogP contribution in [0.1, 0.15) is 64.4 Å². The third-order valence-electron chi connectivity index (χ3n) is 6.09. The van der Waals surface area contributed by atoms with Gasteiger partial charge in [-0.1, -0.05) is 63.3 Å². The van der Waals surface area contributed by atoms with E-state index < -0.39 is 5.79 Å². The highest BCUT2D eigenvalue weighted by Gasteiger charge is 2.44. The molecule has 1 aromatic heterocycles. The Morgan fingerprint density at radius 1 is 1.00 bits per heavy atom. The summed E-state index contributed by atoms with van der Waals surface area (Å²) < 4.78 is 15.3. The lowest BCUT2D eigenvalue weighted by Crippen LogP contribution is -2.52. The predicted molar refractivity (Wildman–Crippen MR) is 118 cm³/mol. The van der Waals surface area contributed by atoms with E-state index in [1.165, 1.54) is 44.1 Å². The Bertz CT molecular complexity index is 697. The van der Waals surface area contributed by atoms with Crippen LogP contribution in [-0.4, -0.2) is 28.6 Å². The van der Waals surface area contributed by atoms with E-state index in [1.807, 2.05) is 30.9 Å². The number of hydrogen-bond donors (Lipinski definition) is 0. The fourth-order valence-corrected chi connectivity index (χ4v) is 4.25. The topological polar surface area (TPSA) is 36.3 Å². The number of hydrogen-bond acceptors (Lipinski definition) is 3. The molecule has 0 radical (unpaired) electrons. The number of imidazole rings is 1. The second kappa shape index (κ2) is 10.6. The molecule has 29 heavy (non-hydrogen) atoms. The van der Waals surface area contributed by atoms with Gasteiger partial charge < -0.3 is 14.0 Å². The van der Waals surface area contributed by atoms with Gasteiger partial charge in [-0.25, -0.2) is 4.98 Å². The summed E-state index contributed by atoms with van der Waals surface area (Å²) in [6, 6.07) is 8.07. The van der Waals surface area contributed by atoms with Crippen molar-refractivity contribution in [3.63, 3.8) is 0 Å². The molecule has 0 spiro atoms. The molecule has 0 bridgehead atoms. The van der Waals surface area contributed by atoms with Gasteiger partial charge in [-0.3, -0.25) is 0 Å². The Balaban J connectivity index is 1.71. The number of halogens is 1. The van der Waals surface area contributed by atoms with E-state index in [0.717, 1.165) is 31.1 Å². The third kappa shape index (κ3) is 6.31. The van der Waals surface area contributed by atoms with Crippen molar-refractivity contribution in [2.24, 2.45) is 5.41 Å². The van der Waals surface area contributed by atoms with Crippen LogP contribution < -0.4 is 0 Å². The smallest absolute Gasteiger partial charge is 0.186 e. The molecule has 1 fully saturated rings. The van der Waals surface area contributed by atoms with Crippen LogP contribution in [0.4, 0.5) is 0 Å². The minimum absolute atomic E-state index is 0.157. The average molecular weight is 419 g/mol. The number of benzene rings is 1. The summed E-state index contributed by atoms with van der Waals surface area (Å²) in [5.74, 6) is -0.609. The first-order chi connectivity index (χ1) is 14.1. The van der Waals surface area contributed by atoms with Gasteiger partial charge >= 0.3 is 0 Å². The van der Waals surface area contributed by atoms with Gasteiger partial charge in [0.25, 0.3) is 0 Å². The molecule has 3 rings (SSSR count). The first-order valence-corrected chi connectivity index (χ1v) is 11.4. The van der Waals surface area contributed by atoms with Crippen LogP contribution in [0.15, 0.2) is 43.0 Å². The summed E-state index contributed by atoms with van der Waals surface area (Å²) in [6.07, 6.45) is 14.6. The van der Waals surface area contributed by atoms with Crippen LogP contribution in [0.5, 0.6) is 0 Å². The summed E-state index contributed by atoms with van der Waals surface area (Å²) in [4.78, 5) is 4.19. The van der Waals surface area contributed by atoms with E-state index in [2.05, 4.69) is 35.5 Å². The number of unbranched alkanes of at least 4 members (excludes halogenated alkanes) is 2. The number of aromatic nitrogens is 2. The zero-order chi connectivity index (χ0) is 20.6. The van der Waals surface area contributed by atoms with Crippen LogP contribution in [-0.2, 0) is 22.4 Å². The maximum Gasteiger partial charge on any atom is 0.186 e. The Kier molecular flexibility index (Phi) is 8.16. The second-order valence-electron chi connectivity index (χ2n) is 8.56. The van der Waals surface area contributed by atoms with E-state index in [1.54, 1.807) is 0 Å². The Hall–Kier alpha value is -1.36. The zero-order valence-corrected chi connectivity index (χ0v) is 18.7. The SMILES string of the molecule is CCCCC1(CCCC)COC(CCc2ccc(Cl)cc2)(Cn2ccnc2)OC1. The minimum atomic E-state index is -0.609. The summed E-state index contributed by atoms with van der Waals surface area (Å²) in [7, 11) is 0. The molecule has 0 unspecified atom stereocenters. The van der Waals surface area contributed by atoms with Crippen LogP contribution >= 0.6 is 11.6 Å². The highest BCUT2D eigenvalue weighted by atomic mass is 35.5. The van der Waals surface area contributed by atoms with Crippen molar-refractivity contribution < 1.29 is 9.47 Å². The lowest BCUT2D eigenvalue weighted by Gasteiger charge is -2.47. The van der Waals surface area contributed by atoms with E-state index in [0.29, 0.717) is 6.54 Å². The van der Waals surface area contributed by atoms with Gasteiger partial charge in [0.2, 0.25) is 0 Å². The molecule has 1 aromatic carbocycles. The first-order valence-electron chi connectivity index (χ1n) is 11.1. The third-order valence-corrected chi connectivity index (χ3v) is 6.35. The Morgan fingerprint density at radius 3 is 2.21 bits per heavy atom. The van der Waals surface area contributed by atoms with Gasteiger partial charge in [0.15, 0.2) is 5.79 Å². The predicted octanol–water partition coefficient (Wildman–Crippen LogP) is 6.28. The molecule has 0 amide bonds. The molecule has 160 valence electrons. The average Bonchev–Trinajstić information content (AvgIpc) is 3.25. The van der Waals surface area contributed by atoms with Gasteiger partial charge in [-0.2, -0.15) is 0 Å². The number of aryl methyl sites for hydroxylation is 1. The summed E-state index contributed by atoms with van der Waals surface area (Å²) in [5.41, 5.74) is 1.41. The van der Waals surface area contributed by atoms with E-state index in [4.69, 9.17) is 21.1 Å².